The SMILES string of the molecule is O=C(c1ccccc1)C(Cl)Cc1ccncc1. The minimum absolute atomic E-state index is 0.0379. The largest absolute Gasteiger partial charge is 0.292 e. The molecule has 2 rings (SSSR count). The fraction of sp³-hybridized carbons (Fsp3) is 0.143. The van der Waals surface area contributed by atoms with E-state index in [-0.39, 0.29) is 5.78 Å². The van der Waals surface area contributed by atoms with Crippen molar-refractivity contribution in [2.45, 2.75) is 11.8 Å². The van der Waals surface area contributed by atoms with Gasteiger partial charge < -0.3 is 0 Å². The molecule has 0 aliphatic carbocycles. The van der Waals surface area contributed by atoms with Gasteiger partial charge in [0.05, 0.1) is 0 Å². The number of carbonyl (C=O) groups excluding carboxylic acids is 1. The molecule has 1 aromatic carbocycles. The van der Waals surface area contributed by atoms with Crippen LogP contribution in [0.2, 0.25) is 0 Å². The van der Waals surface area contributed by atoms with Gasteiger partial charge in [-0.3, -0.25) is 9.78 Å². The number of nitrogens with zero attached hydrogens (tertiary/aromatic N) is 1. The lowest BCUT2D eigenvalue weighted by molar-refractivity contribution is 0.0986. The molecule has 0 amide bonds. The maximum Gasteiger partial charge on any atom is 0.180 e. The maximum atomic E-state index is 12.0. The molecule has 0 bridgehead atoms. The van der Waals surface area contributed by atoms with Gasteiger partial charge in [-0.1, -0.05) is 30.3 Å². The summed E-state index contributed by atoms with van der Waals surface area (Å²) in [7, 11) is 0. The summed E-state index contributed by atoms with van der Waals surface area (Å²) in [5.74, 6) is -0.0379. The predicted molar refractivity (Wildman–Crippen MR) is 68.4 cm³/mol. The first-order valence-electron chi connectivity index (χ1n) is 5.39. The standard InChI is InChI=1S/C14H12ClNO/c15-13(10-11-6-8-16-9-7-11)14(17)12-4-2-1-3-5-12/h1-9,13H,10H2. The normalized spacial score (nSPS) is 12.1. The molecule has 0 radical (unpaired) electrons. The number of benzene rings is 1. The van der Waals surface area contributed by atoms with Crippen LogP contribution in [0.15, 0.2) is 54.9 Å². The smallest absolute Gasteiger partial charge is 0.180 e. The summed E-state index contributed by atoms with van der Waals surface area (Å²) in [6.45, 7) is 0. The van der Waals surface area contributed by atoms with Crippen LogP contribution in [0.25, 0.3) is 0 Å². The number of Topliss-reactive ketones (excluding diaryl/α,β-unsaturated/α-hetero) is 1. The van der Waals surface area contributed by atoms with Crippen LogP contribution in [0.4, 0.5) is 0 Å². The Balaban J connectivity index is 2.06. The zero-order chi connectivity index (χ0) is 12.1. The van der Waals surface area contributed by atoms with Crippen LogP contribution in [0, 0.1) is 0 Å². The van der Waals surface area contributed by atoms with Crippen LogP contribution in [-0.4, -0.2) is 16.1 Å². The summed E-state index contributed by atoms with van der Waals surface area (Å²) in [6.07, 6.45) is 3.93. The zero-order valence-corrected chi connectivity index (χ0v) is 9.97. The lowest BCUT2D eigenvalue weighted by Gasteiger charge is -2.08. The third-order valence-electron chi connectivity index (χ3n) is 2.51. The molecular formula is C14H12ClNO. The van der Waals surface area contributed by atoms with Gasteiger partial charge in [0.25, 0.3) is 0 Å². The van der Waals surface area contributed by atoms with Gasteiger partial charge in [-0.25, -0.2) is 0 Å². The first kappa shape index (κ1) is 11.8. The number of alkyl halides is 1. The number of carbonyl (C=O) groups is 1. The molecular weight excluding hydrogens is 234 g/mol. The van der Waals surface area contributed by atoms with E-state index in [0.717, 1.165) is 5.56 Å². The number of hydrogen-bond donors (Lipinski definition) is 0. The van der Waals surface area contributed by atoms with E-state index < -0.39 is 5.38 Å². The molecule has 0 saturated heterocycles. The average Bonchev–Trinajstić information content (AvgIpc) is 2.40. The number of rotatable bonds is 4. The van der Waals surface area contributed by atoms with Gasteiger partial charge in [0.2, 0.25) is 0 Å². The van der Waals surface area contributed by atoms with Gasteiger partial charge in [0.15, 0.2) is 5.78 Å². The minimum atomic E-state index is -0.528. The molecule has 0 aliphatic rings. The van der Waals surface area contributed by atoms with Crippen molar-refractivity contribution in [1.82, 2.24) is 4.98 Å². The molecule has 17 heavy (non-hydrogen) atoms. The first-order chi connectivity index (χ1) is 8.27. The number of pyridine rings is 1. The Kier molecular flexibility index (Phi) is 3.89. The summed E-state index contributed by atoms with van der Waals surface area (Å²) in [5, 5.41) is -0.528. The monoisotopic (exact) mass is 245 g/mol. The molecule has 1 aromatic heterocycles. The second-order valence-corrected chi connectivity index (χ2v) is 4.28. The number of ketones is 1. The molecule has 0 spiro atoms. The Bertz CT molecular complexity index is 484. The average molecular weight is 246 g/mol. The van der Waals surface area contributed by atoms with Gasteiger partial charge in [-0.15, -0.1) is 11.6 Å². The Labute approximate surface area is 105 Å². The van der Waals surface area contributed by atoms with Crippen LogP contribution in [-0.2, 0) is 6.42 Å². The van der Waals surface area contributed by atoms with Crippen molar-refractivity contribution in [1.29, 1.82) is 0 Å². The van der Waals surface area contributed by atoms with E-state index in [4.69, 9.17) is 11.6 Å². The molecule has 1 heterocycles. The molecule has 0 N–H and O–H groups in total. The summed E-state index contributed by atoms with van der Waals surface area (Å²) in [6, 6.07) is 12.9. The Morgan fingerprint density at radius 1 is 1.12 bits per heavy atom. The highest BCUT2D eigenvalue weighted by molar-refractivity contribution is 6.34. The molecule has 3 heteroatoms. The van der Waals surface area contributed by atoms with Crippen molar-refractivity contribution in [3.63, 3.8) is 0 Å². The van der Waals surface area contributed by atoms with Crippen molar-refractivity contribution in [3.8, 4) is 0 Å². The molecule has 0 saturated carbocycles. The minimum Gasteiger partial charge on any atom is -0.292 e. The van der Waals surface area contributed by atoms with Crippen molar-refractivity contribution < 1.29 is 4.79 Å². The van der Waals surface area contributed by atoms with Crippen molar-refractivity contribution in [2.24, 2.45) is 0 Å². The topological polar surface area (TPSA) is 30.0 Å². The van der Waals surface area contributed by atoms with E-state index >= 15 is 0 Å². The second kappa shape index (κ2) is 5.60. The Morgan fingerprint density at radius 2 is 1.76 bits per heavy atom. The Hall–Kier alpha value is -1.67. The van der Waals surface area contributed by atoms with Gasteiger partial charge in [-0.2, -0.15) is 0 Å². The second-order valence-electron chi connectivity index (χ2n) is 3.76. The maximum absolute atomic E-state index is 12.0. The van der Waals surface area contributed by atoms with Crippen molar-refractivity contribution >= 4 is 17.4 Å². The van der Waals surface area contributed by atoms with E-state index in [9.17, 15) is 4.79 Å². The summed E-state index contributed by atoms with van der Waals surface area (Å²) in [4.78, 5) is 15.9. The highest BCUT2D eigenvalue weighted by Crippen LogP contribution is 2.13. The fourth-order valence-electron chi connectivity index (χ4n) is 1.60. The highest BCUT2D eigenvalue weighted by atomic mass is 35.5. The third-order valence-corrected chi connectivity index (χ3v) is 2.86. The molecule has 86 valence electrons. The predicted octanol–water partition coefficient (Wildman–Crippen LogP) is 3.11. The van der Waals surface area contributed by atoms with E-state index in [0.29, 0.717) is 12.0 Å². The van der Waals surface area contributed by atoms with Crippen LogP contribution in [0.5, 0.6) is 0 Å². The molecule has 0 fully saturated rings. The first-order valence-corrected chi connectivity index (χ1v) is 5.83. The van der Waals surface area contributed by atoms with E-state index in [1.165, 1.54) is 0 Å². The molecule has 1 atom stereocenters. The number of aromatic nitrogens is 1. The summed E-state index contributed by atoms with van der Waals surface area (Å²) in [5.41, 5.74) is 1.67. The third kappa shape index (κ3) is 3.14. The Morgan fingerprint density at radius 3 is 2.41 bits per heavy atom. The van der Waals surface area contributed by atoms with Gasteiger partial charge >= 0.3 is 0 Å². The van der Waals surface area contributed by atoms with Crippen LogP contribution in [0.3, 0.4) is 0 Å². The lowest BCUT2D eigenvalue weighted by atomic mass is 10.0. The van der Waals surface area contributed by atoms with E-state index in [1.807, 2.05) is 30.3 Å². The lowest BCUT2D eigenvalue weighted by Crippen LogP contribution is -2.17. The molecule has 0 aliphatic heterocycles. The van der Waals surface area contributed by atoms with Gasteiger partial charge in [-0.05, 0) is 24.1 Å². The van der Waals surface area contributed by atoms with Crippen LogP contribution in [0.1, 0.15) is 15.9 Å². The molecule has 1 unspecified atom stereocenters. The summed E-state index contributed by atoms with van der Waals surface area (Å²) < 4.78 is 0. The number of halogens is 1. The van der Waals surface area contributed by atoms with E-state index in [2.05, 4.69) is 4.98 Å². The van der Waals surface area contributed by atoms with Gasteiger partial charge in [0.1, 0.15) is 5.38 Å². The number of hydrogen-bond acceptors (Lipinski definition) is 2. The summed E-state index contributed by atoms with van der Waals surface area (Å²) >= 11 is 6.13. The zero-order valence-electron chi connectivity index (χ0n) is 9.21. The van der Waals surface area contributed by atoms with E-state index in [1.54, 1.807) is 24.5 Å². The fourth-order valence-corrected chi connectivity index (χ4v) is 1.91. The van der Waals surface area contributed by atoms with Crippen LogP contribution >= 0.6 is 11.6 Å². The van der Waals surface area contributed by atoms with Gasteiger partial charge in [0, 0.05) is 18.0 Å². The van der Waals surface area contributed by atoms with Crippen molar-refractivity contribution in [3.05, 3.63) is 66.0 Å². The molecule has 2 aromatic rings. The van der Waals surface area contributed by atoms with Crippen LogP contribution < -0.4 is 0 Å². The highest BCUT2D eigenvalue weighted by Gasteiger charge is 2.17. The van der Waals surface area contributed by atoms with Crippen molar-refractivity contribution in [2.75, 3.05) is 0 Å². The molecule has 2 nitrogen and oxygen atoms in total. The quantitative estimate of drug-likeness (QED) is 0.612.